The summed E-state index contributed by atoms with van der Waals surface area (Å²) in [5.74, 6) is 0.886. The van der Waals surface area contributed by atoms with Crippen LogP contribution in [0.3, 0.4) is 0 Å². The lowest BCUT2D eigenvalue weighted by Gasteiger charge is -2.05. The van der Waals surface area contributed by atoms with Crippen LogP contribution in [0.2, 0.25) is 0 Å². The van der Waals surface area contributed by atoms with Gasteiger partial charge >= 0.3 is 0 Å². The predicted octanol–water partition coefficient (Wildman–Crippen LogP) is 4.66. The third kappa shape index (κ3) is 2.95. The van der Waals surface area contributed by atoms with Crippen molar-refractivity contribution in [2.24, 2.45) is 0 Å². The molecule has 0 aliphatic carbocycles. The molecule has 0 spiro atoms. The molecule has 2 heterocycles. The number of rotatable bonds is 4. The van der Waals surface area contributed by atoms with Gasteiger partial charge in [-0.1, -0.05) is 36.0 Å². The predicted molar refractivity (Wildman–Crippen MR) is 98.7 cm³/mol. The topological polar surface area (TPSA) is 46.5 Å². The minimum absolute atomic E-state index is 0.886. The van der Waals surface area contributed by atoms with Crippen molar-refractivity contribution in [1.29, 1.82) is 0 Å². The van der Waals surface area contributed by atoms with E-state index in [-0.39, 0.29) is 0 Å². The summed E-state index contributed by atoms with van der Waals surface area (Å²) < 4.78 is 1.98. The second-order valence-electron chi connectivity index (χ2n) is 5.85. The Morgan fingerprint density at radius 1 is 1.04 bits per heavy atom. The fraction of sp³-hybridized carbons (Fsp3) is 0.158. The Hall–Kier alpha value is -2.53. The molecule has 4 nitrogen and oxygen atoms in total. The molecule has 0 aliphatic rings. The van der Waals surface area contributed by atoms with Crippen molar-refractivity contribution in [3.05, 3.63) is 71.5 Å². The van der Waals surface area contributed by atoms with Gasteiger partial charge in [-0.2, -0.15) is 5.10 Å². The van der Waals surface area contributed by atoms with Crippen LogP contribution in [0, 0.1) is 13.8 Å². The van der Waals surface area contributed by atoms with Crippen molar-refractivity contribution in [3.63, 3.8) is 0 Å². The monoisotopic (exact) mass is 334 g/mol. The molecule has 0 aliphatic heterocycles. The van der Waals surface area contributed by atoms with Gasteiger partial charge in [-0.15, -0.1) is 0 Å². The zero-order chi connectivity index (χ0) is 16.5. The van der Waals surface area contributed by atoms with Crippen LogP contribution < -0.4 is 0 Å². The van der Waals surface area contributed by atoms with E-state index in [1.807, 2.05) is 29.8 Å². The number of aromatic amines is 1. The summed E-state index contributed by atoms with van der Waals surface area (Å²) in [7, 11) is 0. The first kappa shape index (κ1) is 15.0. The number of fused-ring (bicyclic) bond motifs is 1. The molecule has 0 amide bonds. The van der Waals surface area contributed by atoms with Crippen LogP contribution >= 0.6 is 11.8 Å². The normalized spacial score (nSPS) is 11.2. The molecule has 24 heavy (non-hydrogen) atoms. The van der Waals surface area contributed by atoms with Crippen LogP contribution in [-0.2, 0) is 5.75 Å². The molecule has 2 aromatic heterocycles. The van der Waals surface area contributed by atoms with E-state index in [0.29, 0.717) is 0 Å². The van der Waals surface area contributed by atoms with Crippen LogP contribution in [0.5, 0.6) is 0 Å². The number of nitrogens with one attached hydrogen (secondary N) is 1. The number of hydrogen-bond donors (Lipinski definition) is 1. The number of benzene rings is 2. The summed E-state index contributed by atoms with van der Waals surface area (Å²) in [6.07, 6.45) is 0. The maximum atomic E-state index is 4.60. The van der Waals surface area contributed by atoms with Gasteiger partial charge in [-0.3, -0.25) is 0 Å². The molecule has 4 aromatic rings. The first-order valence-corrected chi connectivity index (χ1v) is 8.88. The minimum atomic E-state index is 0.886. The summed E-state index contributed by atoms with van der Waals surface area (Å²) in [5.41, 5.74) is 6.65. The van der Waals surface area contributed by atoms with Crippen molar-refractivity contribution in [3.8, 4) is 5.69 Å². The Bertz CT molecular complexity index is 949. The number of aryl methyl sites for hydroxylation is 2. The van der Waals surface area contributed by atoms with Crippen LogP contribution in [-0.4, -0.2) is 19.7 Å². The minimum Gasteiger partial charge on any atom is -0.333 e. The van der Waals surface area contributed by atoms with Gasteiger partial charge in [-0.05, 0) is 49.7 Å². The largest absolute Gasteiger partial charge is 0.333 e. The van der Waals surface area contributed by atoms with Crippen molar-refractivity contribution in [2.45, 2.75) is 24.8 Å². The van der Waals surface area contributed by atoms with Gasteiger partial charge in [0.1, 0.15) is 0 Å². The zero-order valence-electron chi connectivity index (χ0n) is 13.7. The highest BCUT2D eigenvalue weighted by Crippen LogP contribution is 2.23. The number of nitrogens with zero attached hydrogens (tertiary/aromatic N) is 3. The Balaban J connectivity index is 1.48. The third-order valence-corrected chi connectivity index (χ3v) is 4.88. The molecular formula is C19H18N4S. The molecule has 2 aromatic carbocycles. The Kier molecular flexibility index (Phi) is 3.86. The zero-order valence-corrected chi connectivity index (χ0v) is 14.5. The van der Waals surface area contributed by atoms with Gasteiger partial charge in [0.2, 0.25) is 0 Å². The van der Waals surface area contributed by atoms with Gasteiger partial charge in [0.15, 0.2) is 5.16 Å². The lowest BCUT2D eigenvalue weighted by Crippen LogP contribution is -1.98. The second kappa shape index (κ2) is 6.17. The maximum Gasteiger partial charge on any atom is 0.166 e. The van der Waals surface area contributed by atoms with Gasteiger partial charge in [0, 0.05) is 11.4 Å². The van der Waals surface area contributed by atoms with E-state index >= 15 is 0 Å². The molecule has 0 atom stereocenters. The molecule has 5 heteroatoms. The summed E-state index contributed by atoms with van der Waals surface area (Å²) in [6, 6.07) is 18.7. The quantitative estimate of drug-likeness (QED) is 0.552. The maximum absolute atomic E-state index is 4.60. The second-order valence-corrected chi connectivity index (χ2v) is 6.82. The number of para-hydroxylation sites is 2. The van der Waals surface area contributed by atoms with E-state index in [0.717, 1.165) is 39.0 Å². The van der Waals surface area contributed by atoms with E-state index < -0.39 is 0 Å². The van der Waals surface area contributed by atoms with Gasteiger partial charge < -0.3 is 4.98 Å². The van der Waals surface area contributed by atoms with Crippen molar-refractivity contribution in [2.75, 3.05) is 0 Å². The SMILES string of the molecule is Cc1cc(C)n(-c2ccc(CSc3nc4ccccc4[nH]3)cc2)n1. The number of hydrogen-bond acceptors (Lipinski definition) is 3. The third-order valence-electron chi connectivity index (χ3n) is 3.93. The van der Waals surface area contributed by atoms with Crippen molar-refractivity contribution in [1.82, 2.24) is 19.7 Å². The fourth-order valence-corrected chi connectivity index (χ4v) is 3.61. The molecular weight excluding hydrogens is 316 g/mol. The molecule has 0 saturated carbocycles. The first-order chi connectivity index (χ1) is 11.7. The van der Waals surface area contributed by atoms with Gasteiger partial charge in [-0.25, -0.2) is 9.67 Å². The molecule has 0 saturated heterocycles. The smallest absolute Gasteiger partial charge is 0.166 e. The Morgan fingerprint density at radius 2 is 1.83 bits per heavy atom. The highest BCUT2D eigenvalue weighted by Gasteiger charge is 2.05. The molecule has 120 valence electrons. The summed E-state index contributed by atoms with van der Waals surface area (Å²) >= 11 is 1.72. The lowest BCUT2D eigenvalue weighted by atomic mass is 10.2. The van der Waals surface area contributed by atoms with Crippen LogP contribution in [0.4, 0.5) is 0 Å². The molecule has 0 radical (unpaired) electrons. The molecule has 0 bridgehead atoms. The fourth-order valence-electron chi connectivity index (χ4n) is 2.77. The average Bonchev–Trinajstić information content (AvgIpc) is 3.15. The van der Waals surface area contributed by atoms with E-state index in [1.54, 1.807) is 11.8 Å². The molecule has 4 rings (SSSR count). The average molecular weight is 334 g/mol. The van der Waals surface area contributed by atoms with Crippen LogP contribution in [0.25, 0.3) is 16.7 Å². The van der Waals surface area contributed by atoms with Crippen LogP contribution in [0.1, 0.15) is 17.0 Å². The summed E-state index contributed by atoms with van der Waals surface area (Å²) in [6.45, 7) is 4.09. The Labute approximate surface area is 144 Å². The Morgan fingerprint density at radius 3 is 2.54 bits per heavy atom. The van der Waals surface area contributed by atoms with E-state index in [2.05, 4.69) is 58.4 Å². The first-order valence-electron chi connectivity index (χ1n) is 7.89. The summed E-state index contributed by atoms with van der Waals surface area (Å²) in [4.78, 5) is 7.95. The lowest BCUT2D eigenvalue weighted by molar-refractivity contribution is 0.833. The van der Waals surface area contributed by atoms with Gasteiger partial charge in [0.25, 0.3) is 0 Å². The summed E-state index contributed by atoms with van der Waals surface area (Å²) in [5, 5.41) is 5.48. The number of aromatic nitrogens is 4. The van der Waals surface area contributed by atoms with E-state index in [9.17, 15) is 0 Å². The van der Waals surface area contributed by atoms with E-state index in [1.165, 1.54) is 5.56 Å². The van der Waals surface area contributed by atoms with Gasteiger partial charge in [0.05, 0.1) is 22.4 Å². The van der Waals surface area contributed by atoms with Crippen molar-refractivity contribution < 1.29 is 0 Å². The van der Waals surface area contributed by atoms with Crippen LogP contribution in [0.15, 0.2) is 59.8 Å². The molecule has 0 fully saturated rings. The number of imidazole rings is 1. The highest BCUT2D eigenvalue weighted by molar-refractivity contribution is 7.98. The number of thioether (sulfide) groups is 1. The van der Waals surface area contributed by atoms with E-state index in [4.69, 9.17) is 0 Å². The molecule has 0 unspecified atom stereocenters. The molecule has 1 N–H and O–H groups in total. The number of H-pyrrole nitrogens is 1. The highest BCUT2D eigenvalue weighted by atomic mass is 32.2. The standard InChI is InChI=1S/C19H18N4S/c1-13-11-14(2)23(22-13)16-9-7-15(8-10-16)12-24-19-20-17-5-3-4-6-18(17)21-19/h3-11H,12H2,1-2H3,(H,20,21). The van der Waals surface area contributed by atoms with Crippen molar-refractivity contribution >= 4 is 22.8 Å².